The number of ether oxygens (including phenoxy) is 2. The second-order valence-corrected chi connectivity index (χ2v) is 6.54. The first-order valence-corrected chi connectivity index (χ1v) is 8.75. The SMILES string of the molecule is COc1ccc(NC(=O)C2=C(c3ccccc3)SCCO2)cc1Cl. The third kappa shape index (κ3) is 3.68. The number of halogens is 1. The molecule has 3 rings (SSSR count). The molecule has 124 valence electrons. The molecule has 1 N–H and O–H groups in total. The van der Waals surface area contributed by atoms with Crippen LogP contribution in [0.15, 0.2) is 54.3 Å². The second kappa shape index (κ2) is 7.64. The predicted molar refractivity (Wildman–Crippen MR) is 98.4 cm³/mol. The lowest BCUT2D eigenvalue weighted by atomic mass is 10.2. The first kappa shape index (κ1) is 16.7. The minimum Gasteiger partial charge on any atom is -0.495 e. The summed E-state index contributed by atoms with van der Waals surface area (Å²) in [6, 6.07) is 14.9. The van der Waals surface area contributed by atoms with Gasteiger partial charge in [-0.15, -0.1) is 11.8 Å². The maximum absolute atomic E-state index is 12.6. The maximum atomic E-state index is 12.6. The van der Waals surface area contributed by atoms with Gasteiger partial charge in [-0.3, -0.25) is 4.79 Å². The van der Waals surface area contributed by atoms with Gasteiger partial charge in [0.2, 0.25) is 0 Å². The van der Waals surface area contributed by atoms with Crippen LogP contribution < -0.4 is 10.1 Å². The molecule has 1 aliphatic rings. The van der Waals surface area contributed by atoms with Crippen LogP contribution in [0.5, 0.6) is 5.75 Å². The van der Waals surface area contributed by atoms with Crippen LogP contribution in [0.4, 0.5) is 5.69 Å². The summed E-state index contributed by atoms with van der Waals surface area (Å²) >= 11 is 7.72. The number of amides is 1. The molecular weight excluding hydrogens is 346 g/mol. The zero-order valence-corrected chi connectivity index (χ0v) is 14.6. The van der Waals surface area contributed by atoms with Crippen molar-refractivity contribution in [3.05, 3.63) is 64.9 Å². The van der Waals surface area contributed by atoms with Crippen molar-refractivity contribution in [3.63, 3.8) is 0 Å². The van der Waals surface area contributed by atoms with Gasteiger partial charge in [-0.05, 0) is 23.8 Å². The molecule has 4 nitrogen and oxygen atoms in total. The molecular formula is C18H16ClNO3S. The summed E-state index contributed by atoms with van der Waals surface area (Å²) in [6.07, 6.45) is 0. The monoisotopic (exact) mass is 361 g/mol. The van der Waals surface area contributed by atoms with Gasteiger partial charge < -0.3 is 14.8 Å². The standard InChI is InChI=1S/C18H16ClNO3S/c1-22-15-8-7-13(11-14(15)19)20-18(21)16-17(24-10-9-23-16)12-5-3-2-4-6-12/h2-8,11H,9-10H2,1H3,(H,20,21). The minimum absolute atomic E-state index is 0.290. The van der Waals surface area contributed by atoms with E-state index < -0.39 is 0 Å². The molecule has 0 fully saturated rings. The van der Waals surface area contributed by atoms with E-state index in [4.69, 9.17) is 21.1 Å². The second-order valence-electron chi connectivity index (χ2n) is 5.02. The average Bonchev–Trinajstić information content (AvgIpc) is 2.62. The normalized spacial score (nSPS) is 14.1. The molecule has 0 spiro atoms. The first-order chi connectivity index (χ1) is 11.7. The van der Waals surface area contributed by atoms with Crippen LogP contribution in [-0.4, -0.2) is 25.4 Å². The fourth-order valence-electron chi connectivity index (χ4n) is 2.32. The fraction of sp³-hybridized carbons (Fsp3) is 0.167. The molecule has 0 unspecified atom stereocenters. The van der Waals surface area contributed by atoms with Gasteiger partial charge in [-0.25, -0.2) is 0 Å². The van der Waals surface area contributed by atoms with Gasteiger partial charge in [0.25, 0.3) is 5.91 Å². The summed E-state index contributed by atoms with van der Waals surface area (Å²) in [7, 11) is 1.55. The van der Waals surface area contributed by atoms with Crippen LogP contribution >= 0.6 is 23.4 Å². The van der Waals surface area contributed by atoms with Crippen molar-refractivity contribution in [2.24, 2.45) is 0 Å². The average molecular weight is 362 g/mol. The molecule has 0 saturated heterocycles. The Morgan fingerprint density at radius 3 is 2.75 bits per heavy atom. The maximum Gasteiger partial charge on any atom is 0.291 e. The highest BCUT2D eigenvalue weighted by Gasteiger charge is 2.23. The number of benzene rings is 2. The molecule has 2 aromatic rings. The van der Waals surface area contributed by atoms with Gasteiger partial charge in [-0.1, -0.05) is 41.9 Å². The summed E-state index contributed by atoms with van der Waals surface area (Å²) in [5.41, 5.74) is 1.56. The number of carbonyl (C=O) groups is 1. The summed E-state index contributed by atoms with van der Waals surface area (Å²) in [6.45, 7) is 0.507. The molecule has 0 aliphatic carbocycles. The third-order valence-electron chi connectivity index (χ3n) is 3.43. The van der Waals surface area contributed by atoms with Crippen molar-refractivity contribution < 1.29 is 14.3 Å². The van der Waals surface area contributed by atoms with E-state index in [2.05, 4.69) is 5.32 Å². The Hall–Kier alpha value is -2.11. The van der Waals surface area contributed by atoms with Crippen LogP contribution in [0.25, 0.3) is 4.91 Å². The first-order valence-electron chi connectivity index (χ1n) is 7.39. The molecule has 0 saturated carbocycles. The molecule has 1 amide bonds. The van der Waals surface area contributed by atoms with Crippen molar-refractivity contribution in [2.75, 3.05) is 24.8 Å². The van der Waals surface area contributed by atoms with Crippen LogP contribution in [-0.2, 0) is 9.53 Å². The third-order valence-corrected chi connectivity index (χ3v) is 4.81. The zero-order chi connectivity index (χ0) is 16.9. The van der Waals surface area contributed by atoms with Crippen molar-refractivity contribution in [1.82, 2.24) is 0 Å². The van der Waals surface area contributed by atoms with Gasteiger partial charge in [0, 0.05) is 11.4 Å². The number of hydrogen-bond donors (Lipinski definition) is 1. The van der Waals surface area contributed by atoms with E-state index in [1.54, 1.807) is 37.1 Å². The Balaban J connectivity index is 1.87. The Kier molecular flexibility index (Phi) is 5.33. The highest BCUT2D eigenvalue weighted by molar-refractivity contribution is 8.08. The van der Waals surface area contributed by atoms with Gasteiger partial charge in [-0.2, -0.15) is 0 Å². The predicted octanol–water partition coefficient (Wildman–Crippen LogP) is 4.42. The summed E-state index contributed by atoms with van der Waals surface area (Å²) in [5.74, 6) is 1.42. The highest BCUT2D eigenvalue weighted by atomic mass is 35.5. The van der Waals surface area contributed by atoms with Crippen molar-refractivity contribution in [3.8, 4) is 5.75 Å². The number of rotatable bonds is 4. The van der Waals surface area contributed by atoms with Crippen LogP contribution in [0.3, 0.4) is 0 Å². The number of hydrogen-bond acceptors (Lipinski definition) is 4. The molecule has 2 aromatic carbocycles. The van der Waals surface area contributed by atoms with E-state index in [1.165, 1.54) is 0 Å². The number of methoxy groups -OCH3 is 1. The quantitative estimate of drug-likeness (QED) is 0.875. The van der Waals surface area contributed by atoms with E-state index in [9.17, 15) is 4.79 Å². The number of anilines is 1. The molecule has 6 heteroatoms. The minimum atomic E-state index is -0.290. The molecule has 0 atom stereocenters. The number of carbonyl (C=O) groups excluding carboxylic acids is 1. The molecule has 0 aromatic heterocycles. The smallest absolute Gasteiger partial charge is 0.291 e. The molecule has 24 heavy (non-hydrogen) atoms. The van der Waals surface area contributed by atoms with Gasteiger partial charge in [0.1, 0.15) is 5.75 Å². The van der Waals surface area contributed by atoms with Crippen molar-refractivity contribution in [2.45, 2.75) is 0 Å². The highest BCUT2D eigenvalue weighted by Crippen LogP contribution is 2.35. The molecule has 1 heterocycles. The van der Waals surface area contributed by atoms with E-state index in [1.807, 2.05) is 30.3 Å². The molecule has 0 radical (unpaired) electrons. The van der Waals surface area contributed by atoms with E-state index >= 15 is 0 Å². The van der Waals surface area contributed by atoms with E-state index in [0.717, 1.165) is 16.2 Å². The summed E-state index contributed by atoms with van der Waals surface area (Å²) < 4.78 is 10.8. The van der Waals surface area contributed by atoms with Crippen molar-refractivity contribution in [1.29, 1.82) is 0 Å². The lowest BCUT2D eigenvalue weighted by Crippen LogP contribution is -2.21. The Morgan fingerprint density at radius 2 is 2.04 bits per heavy atom. The summed E-state index contributed by atoms with van der Waals surface area (Å²) in [4.78, 5) is 13.5. The van der Waals surface area contributed by atoms with Gasteiger partial charge in [0.05, 0.1) is 23.6 Å². The number of nitrogens with one attached hydrogen (secondary N) is 1. The largest absolute Gasteiger partial charge is 0.495 e. The Bertz CT molecular complexity index is 777. The van der Waals surface area contributed by atoms with E-state index in [-0.39, 0.29) is 5.91 Å². The zero-order valence-electron chi connectivity index (χ0n) is 13.0. The van der Waals surface area contributed by atoms with Crippen molar-refractivity contribution >= 4 is 39.9 Å². The lowest BCUT2D eigenvalue weighted by Gasteiger charge is -2.20. The fourth-order valence-corrected chi connectivity index (χ4v) is 3.54. The lowest BCUT2D eigenvalue weighted by molar-refractivity contribution is -0.115. The molecule has 1 aliphatic heterocycles. The summed E-state index contributed by atoms with van der Waals surface area (Å²) in [5, 5.41) is 3.26. The Morgan fingerprint density at radius 1 is 1.25 bits per heavy atom. The number of thioether (sulfide) groups is 1. The van der Waals surface area contributed by atoms with Gasteiger partial charge >= 0.3 is 0 Å². The van der Waals surface area contributed by atoms with Crippen LogP contribution in [0.2, 0.25) is 5.02 Å². The molecule has 0 bridgehead atoms. The topological polar surface area (TPSA) is 47.6 Å². The van der Waals surface area contributed by atoms with Crippen LogP contribution in [0, 0.1) is 0 Å². The Labute approximate surface area is 149 Å². The van der Waals surface area contributed by atoms with Gasteiger partial charge in [0.15, 0.2) is 5.76 Å². The van der Waals surface area contributed by atoms with Crippen LogP contribution in [0.1, 0.15) is 5.56 Å². The van der Waals surface area contributed by atoms with E-state index in [0.29, 0.717) is 28.8 Å².